The van der Waals surface area contributed by atoms with Crippen molar-refractivity contribution in [2.24, 2.45) is 0 Å². The zero-order chi connectivity index (χ0) is 19.3. The number of nitrogens with zero attached hydrogens (tertiary/aromatic N) is 1. The van der Waals surface area contributed by atoms with E-state index in [1.807, 2.05) is 42.5 Å². The minimum absolute atomic E-state index is 0.101. The number of hydrogen-bond acceptors (Lipinski definition) is 3. The lowest BCUT2D eigenvalue weighted by Crippen LogP contribution is -2.44. The minimum atomic E-state index is -0.329. The van der Waals surface area contributed by atoms with Crippen LogP contribution in [0.15, 0.2) is 78.9 Å². The smallest absolute Gasteiger partial charge is 0.226 e. The molecule has 142 valence electrons. The topological polar surface area (TPSA) is 41.6 Å². The Morgan fingerprint density at radius 2 is 1.71 bits per heavy atom. The zero-order valence-electron chi connectivity index (χ0n) is 15.3. The van der Waals surface area contributed by atoms with E-state index in [-0.39, 0.29) is 24.2 Å². The molecular weight excluding hydrogens is 355 g/mol. The molecule has 1 atom stereocenters. The highest BCUT2D eigenvalue weighted by Crippen LogP contribution is 2.35. The normalized spacial score (nSPS) is 15.5. The zero-order valence-corrected chi connectivity index (χ0v) is 15.3. The fraction of sp³-hybridized carbons (Fsp3) is 0.174. The first-order valence-electron chi connectivity index (χ1n) is 9.27. The summed E-state index contributed by atoms with van der Waals surface area (Å²) in [6.45, 7) is 1.12. The van der Waals surface area contributed by atoms with Gasteiger partial charge < -0.3 is 15.0 Å². The third-order valence-electron chi connectivity index (χ3n) is 4.79. The van der Waals surface area contributed by atoms with Crippen molar-refractivity contribution in [1.82, 2.24) is 0 Å². The molecular formula is C23H21FN2O2. The lowest BCUT2D eigenvalue weighted by Gasteiger charge is -2.38. The highest BCUT2D eigenvalue weighted by atomic mass is 19.1. The van der Waals surface area contributed by atoms with Crippen molar-refractivity contribution in [2.75, 3.05) is 16.8 Å². The van der Waals surface area contributed by atoms with E-state index >= 15 is 0 Å². The summed E-state index contributed by atoms with van der Waals surface area (Å²) in [4.78, 5) is 14.8. The molecule has 3 aromatic carbocycles. The molecule has 0 saturated carbocycles. The van der Waals surface area contributed by atoms with Crippen molar-refractivity contribution in [1.29, 1.82) is 0 Å². The van der Waals surface area contributed by atoms with E-state index in [1.165, 1.54) is 17.7 Å². The quantitative estimate of drug-likeness (QED) is 0.706. The number of halogens is 1. The van der Waals surface area contributed by atoms with Crippen molar-refractivity contribution >= 4 is 17.3 Å². The monoisotopic (exact) mass is 376 g/mol. The standard InChI is InChI=1S/C23H21FN2O2/c24-18-10-12-19(13-11-18)25-23(27)14-20-16-28-22-9-5-4-8-21(22)26(20)15-17-6-2-1-3-7-17/h1-13,20H,14-16H2,(H,25,27). The average molecular weight is 376 g/mol. The largest absolute Gasteiger partial charge is 0.489 e. The van der Waals surface area contributed by atoms with Crippen molar-refractivity contribution in [3.05, 3.63) is 90.2 Å². The lowest BCUT2D eigenvalue weighted by molar-refractivity contribution is -0.116. The Kier molecular flexibility index (Phi) is 5.24. The molecule has 0 aliphatic carbocycles. The van der Waals surface area contributed by atoms with Gasteiger partial charge in [0.15, 0.2) is 0 Å². The van der Waals surface area contributed by atoms with E-state index in [9.17, 15) is 9.18 Å². The Morgan fingerprint density at radius 3 is 2.50 bits per heavy atom. The number of anilines is 2. The highest BCUT2D eigenvalue weighted by molar-refractivity contribution is 5.91. The van der Waals surface area contributed by atoms with Gasteiger partial charge in [0.2, 0.25) is 5.91 Å². The number of hydrogen-bond donors (Lipinski definition) is 1. The van der Waals surface area contributed by atoms with Crippen LogP contribution in [0, 0.1) is 5.82 Å². The molecule has 1 amide bonds. The fourth-order valence-electron chi connectivity index (χ4n) is 3.41. The number of rotatable bonds is 5. The van der Waals surface area contributed by atoms with Gasteiger partial charge in [-0.1, -0.05) is 42.5 Å². The highest BCUT2D eigenvalue weighted by Gasteiger charge is 2.29. The second kappa shape index (κ2) is 8.13. The second-order valence-corrected chi connectivity index (χ2v) is 6.81. The molecule has 0 bridgehead atoms. The summed E-state index contributed by atoms with van der Waals surface area (Å²) in [6, 6.07) is 23.7. The molecule has 1 aliphatic rings. The van der Waals surface area contributed by atoms with Gasteiger partial charge in [0.05, 0.1) is 18.2 Å². The number of carbonyl (C=O) groups excluding carboxylic acids is 1. The maximum absolute atomic E-state index is 13.1. The van der Waals surface area contributed by atoms with Gasteiger partial charge in [0.25, 0.3) is 0 Å². The first kappa shape index (κ1) is 18.0. The van der Waals surface area contributed by atoms with Gasteiger partial charge in [-0.15, -0.1) is 0 Å². The minimum Gasteiger partial charge on any atom is -0.489 e. The molecule has 4 rings (SSSR count). The van der Waals surface area contributed by atoms with E-state index in [0.717, 1.165) is 11.4 Å². The molecule has 0 spiro atoms. The lowest BCUT2D eigenvalue weighted by atomic mass is 10.1. The summed E-state index contributed by atoms with van der Waals surface area (Å²) >= 11 is 0. The van der Waals surface area contributed by atoms with Gasteiger partial charge in [-0.25, -0.2) is 4.39 Å². The molecule has 0 radical (unpaired) electrons. The summed E-state index contributed by atoms with van der Waals surface area (Å²) in [5.74, 6) is 0.371. The van der Waals surface area contributed by atoms with Crippen molar-refractivity contribution in [3.8, 4) is 5.75 Å². The maximum Gasteiger partial charge on any atom is 0.226 e. The first-order chi connectivity index (χ1) is 13.7. The Morgan fingerprint density at radius 1 is 1.00 bits per heavy atom. The van der Waals surface area contributed by atoms with Crippen molar-refractivity contribution in [2.45, 2.75) is 19.0 Å². The van der Waals surface area contributed by atoms with E-state index < -0.39 is 0 Å². The van der Waals surface area contributed by atoms with Crippen LogP contribution in [-0.4, -0.2) is 18.6 Å². The Bertz CT molecular complexity index is 944. The molecule has 1 heterocycles. The molecule has 28 heavy (non-hydrogen) atoms. The molecule has 1 N–H and O–H groups in total. The van der Waals surface area contributed by atoms with Gasteiger partial charge in [0.1, 0.15) is 18.2 Å². The molecule has 4 nitrogen and oxygen atoms in total. The van der Waals surface area contributed by atoms with E-state index in [4.69, 9.17) is 4.74 Å². The third-order valence-corrected chi connectivity index (χ3v) is 4.79. The van der Waals surface area contributed by atoms with Crippen LogP contribution in [0.5, 0.6) is 5.75 Å². The van der Waals surface area contributed by atoms with Gasteiger partial charge >= 0.3 is 0 Å². The van der Waals surface area contributed by atoms with Gasteiger partial charge in [-0.05, 0) is 42.0 Å². The number of fused-ring (bicyclic) bond motifs is 1. The van der Waals surface area contributed by atoms with Crippen LogP contribution in [0.4, 0.5) is 15.8 Å². The van der Waals surface area contributed by atoms with Crippen LogP contribution in [0.25, 0.3) is 0 Å². The Labute approximate surface area is 163 Å². The average Bonchev–Trinajstić information content (AvgIpc) is 2.72. The molecule has 0 saturated heterocycles. The number of amides is 1. The van der Waals surface area contributed by atoms with Crippen LogP contribution in [0.2, 0.25) is 0 Å². The SMILES string of the molecule is O=C(CC1COc2ccccc2N1Cc1ccccc1)Nc1ccc(F)cc1. The van der Waals surface area contributed by atoms with E-state index in [1.54, 1.807) is 12.1 Å². The molecule has 1 unspecified atom stereocenters. The van der Waals surface area contributed by atoms with Crippen LogP contribution < -0.4 is 15.0 Å². The molecule has 0 fully saturated rings. The van der Waals surface area contributed by atoms with E-state index in [2.05, 4.69) is 22.3 Å². The summed E-state index contributed by atoms with van der Waals surface area (Å²) in [6.07, 6.45) is 0.276. The number of ether oxygens (including phenoxy) is 1. The van der Waals surface area contributed by atoms with Gasteiger partial charge in [-0.2, -0.15) is 0 Å². The van der Waals surface area contributed by atoms with Crippen LogP contribution in [0.3, 0.4) is 0 Å². The predicted molar refractivity (Wildman–Crippen MR) is 108 cm³/mol. The summed E-state index contributed by atoms with van der Waals surface area (Å²) in [5, 5.41) is 2.84. The summed E-state index contributed by atoms with van der Waals surface area (Å²) in [5.41, 5.74) is 2.73. The van der Waals surface area contributed by atoms with Crippen LogP contribution in [0.1, 0.15) is 12.0 Å². The number of para-hydroxylation sites is 2. The molecule has 0 aromatic heterocycles. The van der Waals surface area contributed by atoms with Crippen molar-refractivity contribution < 1.29 is 13.9 Å². The van der Waals surface area contributed by atoms with Gasteiger partial charge in [-0.3, -0.25) is 4.79 Å². The summed E-state index contributed by atoms with van der Waals surface area (Å²) < 4.78 is 19.0. The Balaban J connectivity index is 1.52. The molecule has 3 aromatic rings. The Hall–Kier alpha value is -3.34. The number of carbonyl (C=O) groups is 1. The summed E-state index contributed by atoms with van der Waals surface area (Å²) in [7, 11) is 0. The number of benzene rings is 3. The first-order valence-corrected chi connectivity index (χ1v) is 9.27. The van der Waals surface area contributed by atoms with Crippen LogP contribution in [-0.2, 0) is 11.3 Å². The predicted octanol–water partition coefficient (Wildman–Crippen LogP) is 4.62. The second-order valence-electron chi connectivity index (χ2n) is 6.81. The number of nitrogens with one attached hydrogen (secondary N) is 1. The maximum atomic E-state index is 13.1. The van der Waals surface area contributed by atoms with Gasteiger partial charge in [0, 0.05) is 12.2 Å². The molecule has 1 aliphatic heterocycles. The molecule has 5 heteroatoms. The third kappa shape index (κ3) is 4.14. The van der Waals surface area contributed by atoms with Crippen molar-refractivity contribution in [3.63, 3.8) is 0 Å². The fourth-order valence-corrected chi connectivity index (χ4v) is 3.41. The van der Waals surface area contributed by atoms with Crippen LogP contribution >= 0.6 is 0 Å². The van der Waals surface area contributed by atoms with E-state index in [0.29, 0.717) is 18.8 Å².